The predicted octanol–water partition coefficient (Wildman–Crippen LogP) is 3.58. The molecular formula is C15H20O. The van der Waals surface area contributed by atoms with Crippen LogP contribution in [0.1, 0.15) is 44.2 Å². The van der Waals surface area contributed by atoms with E-state index in [2.05, 4.69) is 45.0 Å². The molecule has 16 heavy (non-hydrogen) atoms. The summed E-state index contributed by atoms with van der Waals surface area (Å²) in [6.07, 6.45) is 2.06. The summed E-state index contributed by atoms with van der Waals surface area (Å²) in [5.41, 5.74) is 2.71. The topological polar surface area (TPSA) is 17.1 Å². The molecule has 0 heterocycles. The third-order valence-electron chi connectivity index (χ3n) is 4.00. The van der Waals surface area contributed by atoms with E-state index < -0.39 is 0 Å². The van der Waals surface area contributed by atoms with Crippen LogP contribution in [0.25, 0.3) is 0 Å². The minimum Gasteiger partial charge on any atom is -0.299 e. The van der Waals surface area contributed by atoms with Gasteiger partial charge in [0.15, 0.2) is 0 Å². The summed E-state index contributed by atoms with van der Waals surface area (Å²) in [4.78, 5) is 11.7. The molecule has 3 unspecified atom stereocenters. The van der Waals surface area contributed by atoms with Crippen molar-refractivity contribution in [2.24, 2.45) is 11.8 Å². The molecule has 0 aromatic heterocycles. The second-order valence-corrected chi connectivity index (χ2v) is 4.83. The highest BCUT2D eigenvalue weighted by Gasteiger charge is 2.45. The fraction of sp³-hybridized carbons (Fsp3) is 0.533. The predicted molar refractivity (Wildman–Crippen MR) is 66.5 cm³/mol. The molecule has 1 aromatic carbocycles. The van der Waals surface area contributed by atoms with Crippen LogP contribution in [0.2, 0.25) is 0 Å². The first-order valence-electron chi connectivity index (χ1n) is 6.31. The largest absolute Gasteiger partial charge is 0.299 e. The van der Waals surface area contributed by atoms with Gasteiger partial charge in [-0.25, -0.2) is 0 Å². The summed E-state index contributed by atoms with van der Waals surface area (Å²) < 4.78 is 0. The van der Waals surface area contributed by atoms with Gasteiger partial charge in [0, 0.05) is 17.8 Å². The zero-order valence-electron chi connectivity index (χ0n) is 10.4. The van der Waals surface area contributed by atoms with Gasteiger partial charge in [-0.2, -0.15) is 0 Å². The fourth-order valence-electron chi connectivity index (χ4n) is 2.87. The molecule has 1 aromatic rings. The Morgan fingerprint density at radius 3 is 2.25 bits per heavy atom. The van der Waals surface area contributed by atoms with Crippen LogP contribution in [0.4, 0.5) is 0 Å². The smallest absolute Gasteiger partial charge is 0.140 e. The maximum atomic E-state index is 11.7. The SMILES string of the molecule is CCc1ccc(C2C(C)C(=O)C2CC)cc1. The van der Waals surface area contributed by atoms with Gasteiger partial charge in [-0.05, 0) is 24.0 Å². The summed E-state index contributed by atoms with van der Waals surface area (Å²) in [5.74, 6) is 1.40. The Bertz CT molecular complexity index is 377. The summed E-state index contributed by atoms with van der Waals surface area (Å²) in [6.45, 7) is 6.34. The number of Topliss-reactive ketones (excluding diaryl/α,β-unsaturated/α-hetero) is 1. The van der Waals surface area contributed by atoms with Crippen LogP contribution >= 0.6 is 0 Å². The first-order valence-corrected chi connectivity index (χ1v) is 6.31. The maximum Gasteiger partial charge on any atom is 0.140 e. The Balaban J connectivity index is 2.20. The van der Waals surface area contributed by atoms with Crippen molar-refractivity contribution in [3.8, 4) is 0 Å². The van der Waals surface area contributed by atoms with Crippen LogP contribution in [-0.2, 0) is 11.2 Å². The van der Waals surface area contributed by atoms with Crippen LogP contribution in [0.15, 0.2) is 24.3 Å². The van der Waals surface area contributed by atoms with Gasteiger partial charge in [0.25, 0.3) is 0 Å². The van der Waals surface area contributed by atoms with E-state index in [0.717, 1.165) is 12.8 Å². The van der Waals surface area contributed by atoms with Crippen molar-refractivity contribution in [2.75, 3.05) is 0 Å². The third-order valence-corrected chi connectivity index (χ3v) is 4.00. The summed E-state index contributed by atoms with van der Waals surface area (Å²) in [5, 5.41) is 0. The lowest BCUT2D eigenvalue weighted by molar-refractivity contribution is -0.137. The van der Waals surface area contributed by atoms with Crippen LogP contribution in [0, 0.1) is 11.8 Å². The Kier molecular flexibility index (Phi) is 3.13. The molecular weight excluding hydrogens is 196 g/mol. The van der Waals surface area contributed by atoms with Gasteiger partial charge in [0.2, 0.25) is 0 Å². The molecule has 1 saturated carbocycles. The van der Waals surface area contributed by atoms with Gasteiger partial charge in [-0.3, -0.25) is 4.79 Å². The number of ketones is 1. The Hall–Kier alpha value is -1.11. The van der Waals surface area contributed by atoms with Crippen LogP contribution in [0.3, 0.4) is 0 Å². The maximum absolute atomic E-state index is 11.7. The number of hydrogen-bond acceptors (Lipinski definition) is 1. The van der Waals surface area contributed by atoms with Crippen molar-refractivity contribution in [2.45, 2.75) is 39.5 Å². The zero-order valence-corrected chi connectivity index (χ0v) is 10.4. The van der Waals surface area contributed by atoms with Crippen LogP contribution < -0.4 is 0 Å². The summed E-state index contributed by atoms with van der Waals surface area (Å²) in [7, 11) is 0. The molecule has 86 valence electrons. The number of aryl methyl sites for hydroxylation is 1. The molecule has 1 fully saturated rings. The second kappa shape index (κ2) is 4.40. The zero-order chi connectivity index (χ0) is 11.7. The fourth-order valence-corrected chi connectivity index (χ4v) is 2.87. The molecule has 0 amide bonds. The average Bonchev–Trinajstić information content (AvgIpc) is 2.34. The average molecular weight is 216 g/mol. The summed E-state index contributed by atoms with van der Waals surface area (Å²) >= 11 is 0. The van der Waals surface area contributed by atoms with Crippen LogP contribution in [0.5, 0.6) is 0 Å². The molecule has 0 radical (unpaired) electrons. The van der Waals surface area contributed by atoms with Gasteiger partial charge >= 0.3 is 0 Å². The lowest BCUT2D eigenvalue weighted by Gasteiger charge is -2.41. The van der Waals surface area contributed by atoms with Gasteiger partial charge in [0.1, 0.15) is 5.78 Å². The highest BCUT2D eigenvalue weighted by molar-refractivity contribution is 5.91. The molecule has 1 aliphatic rings. The third kappa shape index (κ3) is 1.68. The molecule has 0 N–H and O–H groups in total. The first kappa shape index (κ1) is 11.4. The molecule has 0 saturated heterocycles. The Morgan fingerprint density at radius 2 is 1.75 bits per heavy atom. The number of carbonyl (C=O) groups excluding carboxylic acids is 1. The van der Waals surface area contributed by atoms with Crippen molar-refractivity contribution in [1.29, 1.82) is 0 Å². The van der Waals surface area contributed by atoms with Crippen molar-refractivity contribution in [3.05, 3.63) is 35.4 Å². The molecule has 0 spiro atoms. The summed E-state index contributed by atoms with van der Waals surface area (Å²) in [6, 6.07) is 8.79. The highest BCUT2D eigenvalue weighted by Crippen LogP contribution is 2.46. The van der Waals surface area contributed by atoms with E-state index in [4.69, 9.17) is 0 Å². The molecule has 1 aliphatic carbocycles. The highest BCUT2D eigenvalue weighted by atomic mass is 16.1. The minimum absolute atomic E-state index is 0.220. The van der Waals surface area contributed by atoms with Crippen molar-refractivity contribution < 1.29 is 4.79 Å². The Morgan fingerprint density at radius 1 is 1.12 bits per heavy atom. The number of rotatable bonds is 3. The van der Waals surface area contributed by atoms with Crippen molar-refractivity contribution in [3.63, 3.8) is 0 Å². The van der Waals surface area contributed by atoms with E-state index in [9.17, 15) is 4.79 Å². The number of carbonyl (C=O) groups is 1. The molecule has 2 rings (SSSR count). The van der Waals surface area contributed by atoms with E-state index in [-0.39, 0.29) is 11.8 Å². The second-order valence-electron chi connectivity index (χ2n) is 4.83. The monoisotopic (exact) mass is 216 g/mol. The van der Waals surface area contributed by atoms with Gasteiger partial charge in [-0.15, -0.1) is 0 Å². The Labute approximate surface area is 97.9 Å². The molecule has 1 nitrogen and oxygen atoms in total. The van der Waals surface area contributed by atoms with Gasteiger partial charge < -0.3 is 0 Å². The molecule has 0 aliphatic heterocycles. The molecule has 0 bridgehead atoms. The minimum atomic E-state index is 0.220. The lowest BCUT2D eigenvalue weighted by Crippen LogP contribution is -2.43. The number of hydrogen-bond donors (Lipinski definition) is 0. The van der Waals surface area contributed by atoms with Gasteiger partial charge in [-0.1, -0.05) is 45.0 Å². The van der Waals surface area contributed by atoms with E-state index in [1.807, 2.05) is 0 Å². The number of benzene rings is 1. The van der Waals surface area contributed by atoms with E-state index in [1.54, 1.807) is 0 Å². The molecule has 1 heteroatoms. The van der Waals surface area contributed by atoms with Gasteiger partial charge in [0.05, 0.1) is 0 Å². The van der Waals surface area contributed by atoms with E-state index in [1.165, 1.54) is 11.1 Å². The van der Waals surface area contributed by atoms with E-state index in [0.29, 0.717) is 11.7 Å². The van der Waals surface area contributed by atoms with Crippen molar-refractivity contribution >= 4 is 5.78 Å². The van der Waals surface area contributed by atoms with Crippen LogP contribution in [-0.4, -0.2) is 5.78 Å². The quantitative estimate of drug-likeness (QED) is 0.754. The lowest BCUT2D eigenvalue weighted by atomic mass is 9.60. The normalized spacial score (nSPS) is 28.9. The van der Waals surface area contributed by atoms with Crippen molar-refractivity contribution in [1.82, 2.24) is 0 Å². The van der Waals surface area contributed by atoms with E-state index >= 15 is 0 Å². The standard InChI is InChI=1S/C15H20O/c1-4-11-6-8-12(9-7-11)14-10(3)15(16)13(14)5-2/h6-10,13-14H,4-5H2,1-3H3. The first-order chi connectivity index (χ1) is 7.69. The molecule has 3 atom stereocenters.